The van der Waals surface area contributed by atoms with Crippen molar-refractivity contribution in [1.29, 1.82) is 0 Å². The van der Waals surface area contributed by atoms with Crippen LogP contribution in [0.2, 0.25) is 0 Å². The van der Waals surface area contributed by atoms with Crippen LogP contribution in [0, 0.1) is 11.6 Å². The van der Waals surface area contributed by atoms with Crippen LogP contribution in [0.1, 0.15) is 24.3 Å². The van der Waals surface area contributed by atoms with Crippen LogP contribution in [0.3, 0.4) is 0 Å². The fourth-order valence-corrected chi connectivity index (χ4v) is 2.93. The molecule has 1 aliphatic heterocycles. The van der Waals surface area contributed by atoms with E-state index in [1.54, 1.807) is 18.0 Å². The van der Waals surface area contributed by atoms with Gasteiger partial charge in [-0.25, -0.2) is 19.5 Å². The van der Waals surface area contributed by atoms with Crippen LogP contribution in [0.4, 0.5) is 13.6 Å². The monoisotopic (exact) mass is 342 g/mol. The van der Waals surface area contributed by atoms with Crippen LogP contribution >= 0.6 is 0 Å². The highest BCUT2D eigenvalue weighted by molar-refractivity contribution is 5.74. The zero-order chi connectivity index (χ0) is 17.5. The lowest BCUT2D eigenvalue weighted by atomic mass is 9.93. The summed E-state index contributed by atoms with van der Waals surface area (Å²) in [6.45, 7) is 1.71. The molecule has 134 valence electrons. The van der Waals surface area contributed by atoms with Crippen molar-refractivity contribution in [2.75, 3.05) is 33.2 Å². The normalized spacial score (nSPS) is 21.4. The maximum Gasteiger partial charge on any atom is 0.317 e. The summed E-state index contributed by atoms with van der Waals surface area (Å²) in [5.74, 6) is 3.25. The third-order valence-electron chi connectivity index (χ3n) is 4.25. The number of urea groups is 1. The molecule has 2 atom stereocenters. The Labute approximate surface area is 140 Å². The second-order valence-electron chi connectivity index (χ2n) is 5.92. The highest BCUT2D eigenvalue weighted by Crippen LogP contribution is 2.29. The number of likely N-dealkylation sites (N-methyl/N-ethyl adjacent to an activating group) is 1. The zero-order valence-corrected chi connectivity index (χ0v) is 13.7. The van der Waals surface area contributed by atoms with Gasteiger partial charge in [-0.2, -0.15) is 0 Å². The minimum atomic E-state index is -0.881. The predicted molar refractivity (Wildman–Crippen MR) is 86.3 cm³/mol. The summed E-state index contributed by atoms with van der Waals surface area (Å²) in [4.78, 5) is 18.8. The fraction of sp³-hybridized carbons (Fsp3) is 0.562. The zero-order valence-electron chi connectivity index (χ0n) is 13.7. The standard InChI is InChI=1S/C16H24F2N4O2/c1-20-7-8-21-16(23)22-9-11(5-6-12(10-22)24-19)13-3-2-4-14(17)15(13)18/h2-4,11-12,20H,5-10,19H2,1H3,(H,21,23)/t11-,12-/m1/s1. The molecule has 2 rings (SSSR count). The summed E-state index contributed by atoms with van der Waals surface area (Å²) in [7, 11) is 1.79. The largest absolute Gasteiger partial charge is 0.337 e. The molecular formula is C16H24F2N4O2. The average Bonchev–Trinajstić information content (AvgIpc) is 2.80. The molecule has 24 heavy (non-hydrogen) atoms. The molecule has 0 spiro atoms. The lowest BCUT2D eigenvalue weighted by Crippen LogP contribution is -2.46. The number of benzene rings is 1. The molecule has 1 aromatic carbocycles. The quantitative estimate of drug-likeness (QED) is 0.557. The second kappa shape index (κ2) is 8.91. The van der Waals surface area contributed by atoms with Crippen molar-refractivity contribution in [3.05, 3.63) is 35.4 Å². The predicted octanol–water partition coefficient (Wildman–Crippen LogP) is 1.33. The molecule has 0 saturated carbocycles. The van der Waals surface area contributed by atoms with E-state index in [2.05, 4.69) is 10.6 Å². The Kier molecular flexibility index (Phi) is 6.89. The number of amides is 2. The first-order valence-corrected chi connectivity index (χ1v) is 8.03. The lowest BCUT2D eigenvalue weighted by molar-refractivity contribution is 0.0346. The number of carbonyl (C=O) groups is 1. The van der Waals surface area contributed by atoms with Gasteiger partial charge in [0.05, 0.1) is 12.6 Å². The number of hydrogen-bond donors (Lipinski definition) is 3. The maximum atomic E-state index is 14.1. The topological polar surface area (TPSA) is 79.6 Å². The molecule has 1 saturated heterocycles. The van der Waals surface area contributed by atoms with Crippen molar-refractivity contribution in [2.24, 2.45) is 5.90 Å². The SMILES string of the molecule is CNCCNC(=O)N1C[C@H](ON)CC[C@@H](c2cccc(F)c2F)C1. The smallest absolute Gasteiger partial charge is 0.317 e. The van der Waals surface area contributed by atoms with E-state index in [0.29, 0.717) is 32.5 Å². The van der Waals surface area contributed by atoms with E-state index in [4.69, 9.17) is 10.7 Å². The first-order chi connectivity index (χ1) is 11.6. The van der Waals surface area contributed by atoms with Crippen molar-refractivity contribution >= 4 is 6.03 Å². The molecule has 6 nitrogen and oxygen atoms in total. The van der Waals surface area contributed by atoms with E-state index in [1.165, 1.54) is 6.07 Å². The van der Waals surface area contributed by atoms with Crippen molar-refractivity contribution in [3.8, 4) is 0 Å². The van der Waals surface area contributed by atoms with Crippen molar-refractivity contribution < 1.29 is 18.4 Å². The molecule has 1 aliphatic rings. The van der Waals surface area contributed by atoms with Crippen LogP contribution in [-0.4, -0.2) is 50.3 Å². The number of nitrogens with two attached hydrogens (primary N) is 1. The average molecular weight is 342 g/mol. The number of nitrogens with one attached hydrogen (secondary N) is 2. The Morgan fingerprint density at radius 2 is 2.12 bits per heavy atom. The molecule has 0 radical (unpaired) electrons. The molecule has 0 bridgehead atoms. The lowest BCUT2D eigenvalue weighted by Gasteiger charge is -2.26. The van der Waals surface area contributed by atoms with Gasteiger partial charge in [0.25, 0.3) is 0 Å². The molecule has 0 aromatic heterocycles. The van der Waals surface area contributed by atoms with E-state index in [-0.39, 0.29) is 30.2 Å². The van der Waals surface area contributed by atoms with Gasteiger partial charge >= 0.3 is 6.03 Å². The molecule has 1 aromatic rings. The first kappa shape index (κ1) is 18.6. The number of halogens is 2. The molecule has 0 unspecified atom stereocenters. The van der Waals surface area contributed by atoms with Gasteiger partial charge in [0.2, 0.25) is 0 Å². The Balaban J connectivity index is 2.15. The highest BCUT2D eigenvalue weighted by atomic mass is 19.2. The Bertz CT molecular complexity index is 559. The number of hydrogen-bond acceptors (Lipinski definition) is 4. The Morgan fingerprint density at radius 3 is 2.83 bits per heavy atom. The minimum absolute atomic E-state index is 0.268. The number of nitrogens with zero attached hydrogens (tertiary/aromatic N) is 1. The number of carbonyl (C=O) groups excluding carboxylic acids is 1. The van der Waals surface area contributed by atoms with Crippen molar-refractivity contribution in [1.82, 2.24) is 15.5 Å². The van der Waals surface area contributed by atoms with Gasteiger partial charge < -0.3 is 15.5 Å². The van der Waals surface area contributed by atoms with Gasteiger partial charge in [-0.05, 0) is 31.5 Å². The van der Waals surface area contributed by atoms with Crippen molar-refractivity contribution in [3.63, 3.8) is 0 Å². The third-order valence-corrected chi connectivity index (χ3v) is 4.25. The van der Waals surface area contributed by atoms with Crippen LogP contribution in [0.5, 0.6) is 0 Å². The van der Waals surface area contributed by atoms with Crippen LogP contribution in [-0.2, 0) is 4.84 Å². The Hall–Kier alpha value is -1.77. The molecule has 1 fully saturated rings. The van der Waals surface area contributed by atoms with Crippen LogP contribution in [0.15, 0.2) is 18.2 Å². The molecule has 0 aliphatic carbocycles. The van der Waals surface area contributed by atoms with Crippen LogP contribution < -0.4 is 16.5 Å². The van der Waals surface area contributed by atoms with Gasteiger partial charge in [-0.3, -0.25) is 4.84 Å². The minimum Gasteiger partial charge on any atom is -0.337 e. The summed E-state index contributed by atoms with van der Waals surface area (Å²) >= 11 is 0. The molecule has 4 N–H and O–H groups in total. The van der Waals surface area contributed by atoms with Gasteiger partial charge in [-0.15, -0.1) is 0 Å². The van der Waals surface area contributed by atoms with E-state index in [9.17, 15) is 13.6 Å². The highest BCUT2D eigenvalue weighted by Gasteiger charge is 2.30. The fourth-order valence-electron chi connectivity index (χ4n) is 2.93. The van der Waals surface area contributed by atoms with E-state index < -0.39 is 11.6 Å². The molecule has 8 heteroatoms. The van der Waals surface area contributed by atoms with Gasteiger partial charge in [-0.1, -0.05) is 12.1 Å². The van der Waals surface area contributed by atoms with Gasteiger partial charge in [0, 0.05) is 25.6 Å². The number of likely N-dealkylation sites (tertiary alicyclic amines) is 1. The first-order valence-electron chi connectivity index (χ1n) is 8.03. The van der Waals surface area contributed by atoms with E-state index in [0.717, 1.165) is 6.07 Å². The summed E-state index contributed by atoms with van der Waals surface area (Å²) in [6.07, 6.45) is 0.793. The number of rotatable bonds is 5. The van der Waals surface area contributed by atoms with Crippen LogP contribution in [0.25, 0.3) is 0 Å². The second-order valence-corrected chi connectivity index (χ2v) is 5.92. The van der Waals surface area contributed by atoms with E-state index in [1.807, 2.05) is 0 Å². The maximum absolute atomic E-state index is 14.1. The van der Waals surface area contributed by atoms with Gasteiger partial charge in [0.15, 0.2) is 11.6 Å². The summed E-state index contributed by atoms with van der Waals surface area (Å²) in [5.41, 5.74) is 0.278. The van der Waals surface area contributed by atoms with Gasteiger partial charge in [0.1, 0.15) is 0 Å². The molecular weight excluding hydrogens is 318 g/mol. The third kappa shape index (κ3) is 4.62. The Morgan fingerprint density at radius 1 is 1.33 bits per heavy atom. The van der Waals surface area contributed by atoms with E-state index >= 15 is 0 Å². The van der Waals surface area contributed by atoms with Crippen molar-refractivity contribution in [2.45, 2.75) is 24.9 Å². The molecule has 1 heterocycles. The summed E-state index contributed by atoms with van der Waals surface area (Å²) in [6, 6.07) is 3.86. The summed E-state index contributed by atoms with van der Waals surface area (Å²) in [5, 5.41) is 5.72. The summed E-state index contributed by atoms with van der Waals surface area (Å²) < 4.78 is 27.6. The molecule has 2 amide bonds.